The number of likely N-dealkylation sites (tertiary alicyclic amines) is 1. The summed E-state index contributed by atoms with van der Waals surface area (Å²) in [5.41, 5.74) is -0.643. The second kappa shape index (κ2) is 9.89. The van der Waals surface area contributed by atoms with Crippen molar-refractivity contribution in [1.29, 1.82) is 0 Å². The third kappa shape index (κ3) is 4.97. The van der Waals surface area contributed by atoms with Crippen LogP contribution in [0.2, 0.25) is 0 Å². The molecule has 0 bridgehead atoms. The molecule has 0 radical (unpaired) electrons. The van der Waals surface area contributed by atoms with Crippen molar-refractivity contribution in [2.24, 2.45) is 11.8 Å². The Morgan fingerprint density at radius 3 is 2.44 bits per heavy atom. The maximum absolute atomic E-state index is 13.0. The van der Waals surface area contributed by atoms with E-state index in [9.17, 15) is 20.1 Å². The van der Waals surface area contributed by atoms with Crippen molar-refractivity contribution in [3.63, 3.8) is 0 Å². The van der Waals surface area contributed by atoms with Crippen LogP contribution in [0.5, 0.6) is 0 Å². The molecule has 0 aliphatic carbocycles. The van der Waals surface area contributed by atoms with Gasteiger partial charge < -0.3 is 25.4 Å². The lowest BCUT2D eigenvalue weighted by molar-refractivity contribution is -0.208. The number of nitrogens with one attached hydrogen (secondary N) is 1. The van der Waals surface area contributed by atoms with Crippen molar-refractivity contribution >= 4 is 17.7 Å². The number of unbranched alkanes of at least 4 members (excludes halogenated alkanes) is 1. The third-order valence-corrected chi connectivity index (χ3v) is 6.72. The van der Waals surface area contributed by atoms with Gasteiger partial charge in [-0.05, 0) is 31.6 Å². The number of hydrogen-bond acceptors (Lipinski definition) is 7. The minimum absolute atomic E-state index is 0.00183. The Morgan fingerprint density at radius 1 is 1.26 bits per heavy atom. The second-order valence-electron chi connectivity index (χ2n) is 8.24. The number of nitrogens with zero attached hydrogens (tertiary/aromatic N) is 1. The van der Waals surface area contributed by atoms with Gasteiger partial charge in [-0.3, -0.25) is 9.69 Å². The van der Waals surface area contributed by atoms with Crippen LogP contribution in [-0.4, -0.2) is 87.9 Å². The molecule has 2 aliphatic heterocycles. The number of rotatable bonds is 8. The smallest absolute Gasteiger partial charge is 0.238 e. The van der Waals surface area contributed by atoms with Crippen molar-refractivity contribution in [3.8, 4) is 0 Å². The van der Waals surface area contributed by atoms with Gasteiger partial charge in [-0.15, -0.1) is 11.8 Å². The molecule has 2 rings (SSSR count). The monoisotopic (exact) mass is 404 g/mol. The van der Waals surface area contributed by atoms with Crippen molar-refractivity contribution in [1.82, 2.24) is 10.2 Å². The van der Waals surface area contributed by atoms with Crippen LogP contribution in [0.15, 0.2) is 0 Å². The van der Waals surface area contributed by atoms with E-state index in [4.69, 9.17) is 4.74 Å². The van der Waals surface area contributed by atoms with Gasteiger partial charge in [0.15, 0.2) is 0 Å². The largest absolute Gasteiger partial charge is 0.388 e. The number of carbonyl (C=O) groups is 1. The summed E-state index contributed by atoms with van der Waals surface area (Å²) in [5, 5.41) is 33.8. The Hall–Kier alpha value is -0.380. The first-order chi connectivity index (χ1) is 12.7. The van der Waals surface area contributed by atoms with Gasteiger partial charge in [-0.25, -0.2) is 0 Å². The molecule has 0 saturated carbocycles. The third-order valence-electron chi connectivity index (χ3n) is 5.86. The van der Waals surface area contributed by atoms with E-state index in [1.165, 1.54) is 11.8 Å². The molecule has 0 spiro atoms. The van der Waals surface area contributed by atoms with E-state index in [1.807, 2.05) is 20.9 Å². The van der Waals surface area contributed by atoms with Crippen molar-refractivity contribution in [3.05, 3.63) is 0 Å². The first kappa shape index (κ1) is 22.9. The summed E-state index contributed by atoms with van der Waals surface area (Å²) in [6.07, 6.45) is 0.540. The minimum Gasteiger partial charge on any atom is -0.388 e. The molecule has 4 N–H and O–H groups in total. The SMILES string of the molecule is CCCCC1CN(C)C1C(=O)NC(C(C)C)[C@@H]1O[C@@H](SC)[C@@H](O)[C@H](O)[C@@H]1O. The van der Waals surface area contributed by atoms with Crippen molar-refractivity contribution in [2.75, 3.05) is 19.8 Å². The summed E-state index contributed by atoms with van der Waals surface area (Å²) in [5.74, 6) is 0.296. The normalized spacial score (nSPS) is 38.5. The van der Waals surface area contributed by atoms with E-state index in [-0.39, 0.29) is 17.9 Å². The van der Waals surface area contributed by atoms with E-state index in [0.29, 0.717) is 5.92 Å². The second-order valence-corrected chi connectivity index (χ2v) is 9.18. The maximum atomic E-state index is 13.0. The molecule has 0 aromatic carbocycles. The number of likely N-dealkylation sites (N-methyl/N-ethyl adjacent to an activating group) is 1. The molecule has 8 heteroatoms. The standard InChI is InChI=1S/C19H36N2O5S/c1-6-7-8-11-9-21(4)13(11)18(25)20-12(10(2)3)17-15(23)14(22)16(24)19(26-17)27-5/h10-17,19,22-24H,6-9H2,1-5H3,(H,20,25)/t11?,12?,13?,14-,15+,16+,17+,19+/m1/s1. The molecule has 7 nitrogen and oxygen atoms in total. The molecule has 8 atom stereocenters. The highest BCUT2D eigenvalue weighted by Crippen LogP contribution is 2.32. The first-order valence-corrected chi connectivity index (χ1v) is 11.2. The Bertz CT molecular complexity index is 493. The van der Waals surface area contributed by atoms with Crippen LogP contribution in [-0.2, 0) is 9.53 Å². The highest BCUT2D eigenvalue weighted by molar-refractivity contribution is 7.99. The van der Waals surface area contributed by atoms with Crippen molar-refractivity contribution in [2.45, 2.75) is 82.0 Å². The fourth-order valence-electron chi connectivity index (χ4n) is 4.18. The molecule has 0 aromatic heterocycles. The number of amides is 1. The number of carbonyl (C=O) groups excluding carboxylic acids is 1. The van der Waals surface area contributed by atoms with Crippen LogP contribution in [0.4, 0.5) is 0 Å². The molecule has 2 saturated heterocycles. The van der Waals surface area contributed by atoms with Crippen LogP contribution in [0.25, 0.3) is 0 Å². The summed E-state index contributed by atoms with van der Waals surface area (Å²) in [4.78, 5) is 15.0. The number of aliphatic hydroxyl groups is 3. The number of thioether (sulfide) groups is 1. The molecule has 2 heterocycles. The summed E-state index contributed by atoms with van der Waals surface area (Å²) >= 11 is 1.28. The Kier molecular flexibility index (Phi) is 8.39. The number of aliphatic hydroxyl groups excluding tert-OH is 3. The Morgan fingerprint density at radius 2 is 1.93 bits per heavy atom. The van der Waals surface area contributed by atoms with Gasteiger partial charge in [0.1, 0.15) is 29.9 Å². The summed E-state index contributed by atoms with van der Waals surface area (Å²) < 4.78 is 5.88. The molecule has 0 aromatic rings. The van der Waals surface area contributed by atoms with E-state index < -0.39 is 35.9 Å². The molecule has 1 amide bonds. The average Bonchev–Trinajstić information content (AvgIpc) is 2.61. The molecular formula is C19H36N2O5S. The summed E-state index contributed by atoms with van der Waals surface area (Å²) in [7, 11) is 1.95. The van der Waals surface area contributed by atoms with Gasteiger partial charge in [0.2, 0.25) is 5.91 Å². The van der Waals surface area contributed by atoms with Crippen LogP contribution >= 0.6 is 11.8 Å². The fraction of sp³-hybridized carbons (Fsp3) is 0.947. The quantitative estimate of drug-likeness (QED) is 0.465. The molecule has 2 aliphatic rings. The summed E-state index contributed by atoms with van der Waals surface area (Å²) in [6, 6.07) is -0.615. The van der Waals surface area contributed by atoms with Gasteiger partial charge in [0.05, 0.1) is 12.1 Å². The average molecular weight is 405 g/mol. The topological polar surface area (TPSA) is 102 Å². The lowest BCUT2D eigenvalue weighted by Gasteiger charge is -2.47. The zero-order chi connectivity index (χ0) is 20.3. The van der Waals surface area contributed by atoms with Crippen LogP contribution in [0.3, 0.4) is 0 Å². The number of hydrogen-bond donors (Lipinski definition) is 4. The number of ether oxygens (including phenoxy) is 1. The highest BCUT2D eigenvalue weighted by atomic mass is 32.2. The van der Waals surface area contributed by atoms with Crippen LogP contribution < -0.4 is 5.32 Å². The van der Waals surface area contributed by atoms with E-state index in [0.717, 1.165) is 25.8 Å². The van der Waals surface area contributed by atoms with Gasteiger partial charge >= 0.3 is 0 Å². The molecule has 27 heavy (non-hydrogen) atoms. The molecule has 158 valence electrons. The van der Waals surface area contributed by atoms with E-state index >= 15 is 0 Å². The predicted molar refractivity (Wildman–Crippen MR) is 106 cm³/mol. The molecule has 2 fully saturated rings. The minimum atomic E-state index is -1.30. The van der Waals surface area contributed by atoms with Gasteiger partial charge in [0, 0.05) is 6.54 Å². The van der Waals surface area contributed by atoms with E-state index in [1.54, 1.807) is 6.26 Å². The molecular weight excluding hydrogens is 368 g/mol. The maximum Gasteiger partial charge on any atom is 0.238 e. The van der Waals surface area contributed by atoms with Gasteiger partial charge in [-0.2, -0.15) is 0 Å². The fourth-order valence-corrected chi connectivity index (χ4v) is 4.86. The Labute approximate surface area is 166 Å². The lowest BCUT2D eigenvalue weighted by Crippen LogP contribution is -2.67. The molecule has 3 unspecified atom stereocenters. The summed E-state index contributed by atoms with van der Waals surface area (Å²) in [6.45, 7) is 6.97. The van der Waals surface area contributed by atoms with E-state index in [2.05, 4.69) is 17.1 Å². The predicted octanol–water partition coefficient (Wildman–Crippen LogP) is 0.418. The van der Waals surface area contributed by atoms with Crippen LogP contribution in [0, 0.1) is 11.8 Å². The highest BCUT2D eigenvalue weighted by Gasteiger charge is 2.48. The van der Waals surface area contributed by atoms with Gasteiger partial charge in [-0.1, -0.05) is 33.6 Å². The lowest BCUT2D eigenvalue weighted by atomic mass is 9.83. The zero-order valence-electron chi connectivity index (χ0n) is 17.0. The first-order valence-electron chi connectivity index (χ1n) is 9.95. The van der Waals surface area contributed by atoms with Gasteiger partial charge in [0.25, 0.3) is 0 Å². The van der Waals surface area contributed by atoms with Crippen molar-refractivity contribution < 1.29 is 24.9 Å². The zero-order valence-corrected chi connectivity index (χ0v) is 17.9. The van der Waals surface area contributed by atoms with Crippen LogP contribution in [0.1, 0.15) is 40.0 Å². The Balaban J connectivity index is 2.09.